The van der Waals surface area contributed by atoms with Gasteiger partial charge in [0.25, 0.3) is 5.91 Å². The molecular formula is C20H20ClN3O2. The number of rotatable bonds is 3. The normalized spacial score (nSPS) is 17.5. The van der Waals surface area contributed by atoms with Crippen molar-refractivity contribution in [1.82, 2.24) is 14.9 Å². The zero-order valence-electron chi connectivity index (χ0n) is 14.5. The average Bonchev–Trinajstić information content (AvgIpc) is 3.12. The Morgan fingerprint density at radius 1 is 1.35 bits per heavy atom. The third-order valence-corrected chi connectivity index (χ3v) is 5.19. The molecule has 2 aromatic heterocycles. The van der Waals surface area contributed by atoms with Crippen molar-refractivity contribution in [3.05, 3.63) is 58.9 Å². The Balaban J connectivity index is 1.58. The van der Waals surface area contributed by atoms with Gasteiger partial charge in [-0.25, -0.2) is 0 Å². The van der Waals surface area contributed by atoms with Crippen molar-refractivity contribution in [3.8, 4) is 5.75 Å². The van der Waals surface area contributed by atoms with Gasteiger partial charge < -0.3 is 14.6 Å². The Morgan fingerprint density at radius 3 is 3.04 bits per heavy atom. The number of aromatic nitrogens is 2. The first kappa shape index (κ1) is 16.9. The number of carbonyl (C=O) groups is 1. The highest BCUT2D eigenvalue weighted by molar-refractivity contribution is 6.31. The van der Waals surface area contributed by atoms with Crippen LogP contribution in [0.3, 0.4) is 0 Å². The summed E-state index contributed by atoms with van der Waals surface area (Å²) in [6.45, 7) is 1.41. The maximum atomic E-state index is 13.0. The van der Waals surface area contributed by atoms with Crippen molar-refractivity contribution in [2.24, 2.45) is 0 Å². The van der Waals surface area contributed by atoms with Crippen LogP contribution in [0.2, 0.25) is 5.02 Å². The number of nitrogens with one attached hydrogen (secondary N) is 1. The van der Waals surface area contributed by atoms with Crippen molar-refractivity contribution in [3.63, 3.8) is 0 Å². The number of likely N-dealkylation sites (tertiary alicyclic amines) is 1. The lowest BCUT2D eigenvalue weighted by atomic mass is 9.94. The minimum absolute atomic E-state index is 0.0386. The van der Waals surface area contributed by atoms with Gasteiger partial charge in [-0.15, -0.1) is 0 Å². The lowest BCUT2D eigenvalue weighted by molar-refractivity contribution is 0.0702. The van der Waals surface area contributed by atoms with Crippen LogP contribution in [0, 0.1) is 0 Å². The Hall–Kier alpha value is -2.53. The third-order valence-electron chi connectivity index (χ3n) is 4.95. The molecule has 3 heterocycles. The number of amides is 1. The molecule has 1 fully saturated rings. The summed E-state index contributed by atoms with van der Waals surface area (Å²) in [6, 6.07) is 11.2. The predicted octanol–water partition coefficient (Wildman–Crippen LogP) is 4.24. The van der Waals surface area contributed by atoms with E-state index in [1.807, 2.05) is 17.0 Å². The molecule has 4 rings (SSSR count). The Kier molecular flexibility index (Phi) is 4.55. The Morgan fingerprint density at radius 2 is 2.23 bits per heavy atom. The van der Waals surface area contributed by atoms with Crippen LogP contribution in [0.25, 0.3) is 11.0 Å². The van der Waals surface area contributed by atoms with Gasteiger partial charge in [-0.1, -0.05) is 11.6 Å². The maximum absolute atomic E-state index is 13.0. The fourth-order valence-electron chi connectivity index (χ4n) is 3.63. The number of ether oxygens (including phenoxy) is 1. The zero-order valence-corrected chi connectivity index (χ0v) is 15.3. The van der Waals surface area contributed by atoms with Crippen LogP contribution in [-0.2, 0) is 0 Å². The summed E-state index contributed by atoms with van der Waals surface area (Å²) < 4.78 is 5.34. The number of H-pyrrole nitrogens is 1. The van der Waals surface area contributed by atoms with E-state index in [1.165, 1.54) is 0 Å². The first-order valence-corrected chi connectivity index (χ1v) is 9.10. The van der Waals surface area contributed by atoms with Crippen molar-refractivity contribution >= 4 is 28.5 Å². The second-order valence-electron chi connectivity index (χ2n) is 6.60. The van der Waals surface area contributed by atoms with Crippen molar-refractivity contribution < 1.29 is 9.53 Å². The first-order valence-electron chi connectivity index (χ1n) is 8.72. The number of benzene rings is 1. The summed E-state index contributed by atoms with van der Waals surface area (Å²) >= 11 is 6.09. The molecule has 134 valence electrons. The molecule has 0 saturated carbocycles. The molecule has 1 unspecified atom stereocenters. The summed E-state index contributed by atoms with van der Waals surface area (Å²) in [4.78, 5) is 22.8. The van der Waals surface area contributed by atoms with Gasteiger partial charge in [0.2, 0.25) is 0 Å². The summed E-state index contributed by atoms with van der Waals surface area (Å²) in [5, 5.41) is 0.532. The summed E-state index contributed by atoms with van der Waals surface area (Å²) in [6.07, 6.45) is 3.80. The fourth-order valence-corrected chi connectivity index (χ4v) is 3.80. The van der Waals surface area contributed by atoms with Crippen molar-refractivity contribution in [2.45, 2.75) is 18.8 Å². The molecule has 0 spiro atoms. The van der Waals surface area contributed by atoms with E-state index in [0.717, 1.165) is 36.1 Å². The zero-order chi connectivity index (χ0) is 18.1. The SMILES string of the molecule is COc1ccc(Cl)cc1C(=O)N1CCCC(c2cc3ncccc3[nH]2)C1. The van der Waals surface area contributed by atoms with Crippen LogP contribution in [0.1, 0.15) is 34.8 Å². The number of carbonyl (C=O) groups excluding carboxylic acids is 1. The molecule has 6 heteroatoms. The van der Waals surface area contributed by atoms with Gasteiger partial charge >= 0.3 is 0 Å². The molecule has 1 saturated heterocycles. The summed E-state index contributed by atoms with van der Waals surface area (Å²) in [7, 11) is 1.57. The van der Waals surface area contributed by atoms with Crippen LogP contribution in [0.4, 0.5) is 0 Å². The number of halogens is 1. The predicted molar refractivity (Wildman–Crippen MR) is 102 cm³/mol. The number of piperidine rings is 1. The maximum Gasteiger partial charge on any atom is 0.257 e. The molecule has 0 bridgehead atoms. The minimum Gasteiger partial charge on any atom is -0.496 e. The fraction of sp³-hybridized carbons (Fsp3) is 0.300. The monoisotopic (exact) mass is 369 g/mol. The standard InChI is InChI=1S/C20H20ClN3O2/c1-26-19-7-6-14(21)10-15(19)20(25)24-9-3-4-13(12-24)17-11-18-16(23-17)5-2-8-22-18/h2,5-8,10-11,13,23H,3-4,9,12H2,1H3. The molecule has 3 aromatic rings. The Bertz CT molecular complexity index is 920. The van der Waals surface area contributed by atoms with Crippen LogP contribution in [0.15, 0.2) is 42.6 Å². The third kappa shape index (κ3) is 3.15. The molecule has 1 aliphatic heterocycles. The lowest BCUT2D eigenvalue weighted by Crippen LogP contribution is -2.39. The molecule has 5 nitrogen and oxygen atoms in total. The van der Waals surface area contributed by atoms with Crippen molar-refractivity contribution in [2.75, 3.05) is 20.2 Å². The average molecular weight is 370 g/mol. The molecule has 1 aromatic carbocycles. The van der Waals surface area contributed by atoms with E-state index in [4.69, 9.17) is 16.3 Å². The largest absolute Gasteiger partial charge is 0.496 e. The number of hydrogen-bond donors (Lipinski definition) is 1. The number of nitrogens with zero attached hydrogens (tertiary/aromatic N) is 2. The van der Waals surface area contributed by atoms with Gasteiger partial charge in [0.15, 0.2) is 0 Å². The van der Waals surface area contributed by atoms with Crippen LogP contribution >= 0.6 is 11.6 Å². The van der Waals surface area contributed by atoms with Gasteiger partial charge in [-0.3, -0.25) is 9.78 Å². The van der Waals surface area contributed by atoms with E-state index in [2.05, 4.69) is 16.0 Å². The first-order chi connectivity index (χ1) is 12.7. The highest BCUT2D eigenvalue weighted by Crippen LogP contribution is 2.31. The molecule has 0 radical (unpaired) electrons. The van der Waals surface area contributed by atoms with Gasteiger partial charge in [-0.2, -0.15) is 0 Å². The number of methoxy groups -OCH3 is 1. The quantitative estimate of drug-likeness (QED) is 0.751. The highest BCUT2D eigenvalue weighted by atomic mass is 35.5. The highest BCUT2D eigenvalue weighted by Gasteiger charge is 2.28. The smallest absolute Gasteiger partial charge is 0.257 e. The van der Waals surface area contributed by atoms with Gasteiger partial charge in [-0.05, 0) is 49.2 Å². The van der Waals surface area contributed by atoms with Crippen LogP contribution in [0.5, 0.6) is 5.75 Å². The van der Waals surface area contributed by atoms with Crippen LogP contribution < -0.4 is 4.74 Å². The lowest BCUT2D eigenvalue weighted by Gasteiger charge is -2.32. The number of aromatic amines is 1. The van der Waals surface area contributed by atoms with Gasteiger partial charge in [0.1, 0.15) is 5.75 Å². The summed E-state index contributed by atoms with van der Waals surface area (Å²) in [5.74, 6) is 0.784. The summed E-state index contributed by atoms with van der Waals surface area (Å²) in [5.41, 5.74) is 3.64. The van der Waals surface area contributed by atoms with E-state index in [1.54, 1.807) is 31.5 Å². The van der Waals surface area contributed by atoms with E-state index in [0.29, 0.717) is 22.9 Å². The van der Waals surface area contributed by atoms with Crippen molar-refractivity contribution in [1.29, 1.82) is 0 Å². The molecule has 1 amide bonds. The Labute approximate surface area is 156 Å². The van der Waals surface area contributed by atoms with E-state index < -0.39 is 0 Å². The van der Waals surface area contributed by atoms with Crippen LogP contribution in [-0.4, -0.2) is 41.0 Å². The molecular weight excluding hydrogens is 350 g/mol. The molecule has 26 heavy (non-hydrogen) atoms. The minimum atomic E-state index is -0.0386. The molecule has 1 atom stereocenters. The van der Waals surface area contributed by atoms with E-state index in [-0.39, 0.29) is 11.8 Å². The second-order valence-corrected chi connectivity index (χ2v) is 7.03. The second kappa shape index (κ2) is 7.00. The van der Waals surface area contributed by atoms with Gasteiger partial charge in [0.05, 0.1) is 23.7 Å². The number of hydrogen-bond acceptors (Lipinski definition) is 3. The van der Waals surface area contributed by atoms with Gasteiger partial charge in [0, 0.05) is 35.9 Å². The number of pyridine rings is 1. The molecule has 1 N–H and O–H groups in total. The molecule has 1 aliphatic rings. The number of fused-ring (bicyclic) bond motifs is 1. The molecule has 0 aliphatic carbocycles. The topological polar surface area (TPSA) is 58.2 Å². The van der Waals surface area contributed by atoms with E-state index in [9.17, 15) is 4.79 Å². The van der Waals surface area contributed by atoms with E-state index >= 15 is 0 Å².